The zero-order valence-corrected chi connectivity index (χ0v) is 10.9. The van der Waals surface area contributed by atoms with Gasteiger partial charge in [-0.3, -0.25) is 4.79 Å². The molecule has 4 heteroatoms. The van der Waals surface area contributed by atoms with Gasteiger partial charge in [0.2, 0.25) is 0 Å². The summed E-state index contributed by atoms with van der Waals surface area (Å²) in [7, 11) is 1.41. The van der Waals surface area contributed by atoms with Crippen molar-refractivity contribution < 1.29 is 9.53 Å². The van der Waals surface area contributed by atoms with Crippen molar-refractivity contribution in [2.24, 2.45) is 5.92 Å². The number of esters is 1. The molecule has 0 aliphatic carbocycles. The van der Waals surface area contributed by atoms with Gasteiger partial charge in [-0.15, -0.1) is 0 Å². The third-order valence-electron chi connectivity index (χ3n) is 2.28. The first-order valence-corrected chi connectivity index (χ1v) is 6.28. The van der Waals surface area contributed by atoms with Gasteiger partial charge in [0.05, 0.1) is 13.0 Å². The minimum absolute atomic E-state index is 0.131. The van der Waals surface area contributed by atoms with Gasteiger partial charge in [-0.25, -0.2) is 0 Å². The Labute approximate surface area is 104 Å². The van der Waals surface area contributed by atoms with Crippen LogP contribution >= 0.6 is 15.9 Å². The molecule has 0 saturated heterocycles. The van der Waals surface area contributed by atoms with Gasteiger partial charge >= 0.3 is 5.97 Å². The third-order valence-corrected chi connectivity index (χ3v) is 3.07. The molecule has 0 bridgehead atoms. The topological polar surface area (TPSA) is 38.3 Å². The zero-order valence-electron chi connectivity index (χ0n) is 9.28. The predicted octanol–water partition coefficient (Wildman–Crippen LogP) is 1.96. The number of hydrogen-bond acceptors (Lipinski definition) is 3. The lowest BCUT2D eigenvalue weighted by molar-refractivity contribution is -0.144. The summed E-state index contributed by atoms with van der Waals surface area (Å²) in [4.78, 5) is 11.3. The molecule has 16 heavy (non-hydrogen) atoms. The summed E-state index contributed by atoms with van der Waals surface area (Å²) >= 11 is 3.30. The summed E-state index contributed by atoms with van der Waals surface area (Å²) in [5, 5.41) is 3.85. The lowest BCUT2D eigenvalue weighted by Gasteiger charge is -2.12. The van der Waals surface area contributed by atoms with Crippen molar-refractivity contribution in [2.45, 2.75) is 6.54 Å². The van der Waals surface area contributed by atoms with Crippen LogP contribution in [0, 0.1) is 5.92 Å². The maximum absolute atomic E-state index is 11.3. The largest absolute Gasteiger partial charge is 0.469 e. The summed E-state index contributed by atoms with van der Waals surface area (Å²) in [6.45, 7) is 1.38. The van der Waals surface area contributed by atoms with Crippen LogP contribution in [0.5, 0.6) is 0 Å². The number of carbonyl (C=O) groups excluding carboxylic acids is 1. The fourth-order valence-corrected chi connectivity index (χ4v) is 1.85. The van der Waals surface area contributed by atoms with Crippen LogP contribution in [0.2, 0.25) is 0 Å². The summed E-state index contributed by atoms with van der Waals surface area (Å²) in [6.07, 6.45) is 0. The van der Waals surface area contributed by atoms with Crippen LogP contribution in [0.15, 0.2) is 30.3 Å². The molecular formula is C12H16BrNO2. The molecule has 0 heterocycles. The SMILES string of the molecule is COC(=O)C(CBr)CNCc1ccccc1. The Hall–Kier alpha value is -0.870. The van der Waals surface area contributed by atoms with Gasteiger partial charge in [0.1, 0.15) is 0 Å². The summed E-state index contributed by atoms with van der Waals surface area (Å²) in [5.74, 6) is -0.314. The van der Waals surface area contributed by atoms with E-state index in [0.29, 0.717) is 11.9 Å². The fourth-order valence-electron chi connectivity index (χ4n) is 1.35. The third kappa shape index (κ3) is 4.33. The number of hydrogen-bond donors (Lipinski definition) is 1. The number of halogens is 1. The first kappa shape index (κ1) is 13.2. The molecule has 88 valence electrons. The van der Waals surface area contributed by atoms with E-state index in [0.717, 1.165) is 6.54 Å². The molecule has 0 radical (unpaired) electrons. The zero-order chi connectivity index (χ0) is 11.8. The number of carbonyl (C=O) groups is 1. The van der Waals surface area contributed by atoms with Gasteiger partial charge in [0.15, 0.2) is 0 Å². The Morgan fingerprint density at radius 1 is 1.44 bits per heavy atom. The van der Waals surface area contributed by atoms with Gasteiger partial charge in [0, 0.05) is 18.4 Å². The number of ether oxygens (including phenoxy) is 1. The van der Waals surface area contributed by atoms with Crippen LogP contribution < -0.4 is 5.32 Å². The maximum Gasteiger partial charge on any atom is 0.310 e. The second kappa shape index (κ2) is 7.41. The molecular weight excluding hydrogens is 270 g/mol. The lowest BCUT2D eigenvalue weighted by Crippen LogP contribution is -2.30. The predicted molar refractivity (Wildman–Crippen MR) is 67.4 cm³/mol. The molecule has 0 fully saturated rings. The minimum Gasteiger partial charge on any atom is -0.469 e. The number of rotatable bonds is 6. The van der Waals surface area contributed by atoms with E-state index in [9.17, 15) is 4.79 Å². The molecule has 3 nitrogen and oxygen atoms in total. The highest BCUT2D eigenvalue weighted by molar-refractivity contribution is 9.09. The van der Waals surface area contributed by atoms with Crippen LogP contribution in [0.4, 0.5) is 0 Å². The van der Waals surface area contributed by atoms with E-state index in [1.54, 1.807) is 0 Å². The van der Waals surface area contributed by atoms with E-state index in [1.807, 2.05) is 30.3 Å². The van der Waals surface area contributed by atoms with Crippen molar-refractivity contribution in [2.75, 3.05) is 19.0 Å². The highest BCUT2D eigenvalue weighted by atomic mass is 79.9. The van der Waals surface area contributed by atoms with E-state index >= 15 is 0 Å². The number of benzene rings is 1. The second-order valence-corrected chi connectivity index (χ2v) is 4.14. The summed E-state index contributed by atoms with van der Waals surface area (Å²) < 4.78 is 4.70. The number of nitrogens with one attached hydrogen (secondary N) is 1. The van der Waals surface area contributed by atoms with Crippen LogP contribution in [0.25, 0.3) is 0 Å². The van der Waals surface area contributed by atoms with E-state index in [-0.39, 0.29) is 11.9 Å². The average molecular weight is 286 g/mol. The molecule has 0 saturated carbocycles. The molecule has 1 unspecified atom stereocenters. The molecule has 1 aromatic carbocycles. The van der Waals surface area contributed by atoms with Crippen molar-refractivity contribution in [1.82, 2.24) is 5.32 Å². The van der Waals surface area contributed by atoms with Crippen LogP contribution in [-0.2, 0) is 16.1 Å². The van der Waals surface area contributed by atoms with Gasteiger partial charge in [-0.05, 0) is 5.56 Å². The summed E-state index contributed by atoms with van der Waals surface area (Å²) in [5.41, 5.74) is 1.21. The first-order chi connectivity index (χ1) is 7.77. The highest BCUT2D eigenvalue weighted by Gasteiger charge is 2.16. The molecule has 1 atom stereocenters. The van der Waals surface area contributed by atoms with E-state index in [1.165, 1.54) is 12.7 Å². The molecule has 1 aromatic rings. The van der Waals surface area contributed by atoms with Crippen molar-refractivity contribution >= 4 is 21.9 Å². The first-order valence-electron chi connectivity index (χ1n) is 5.16. The van der Waals surface area contributed by atoms with Gasteiger partial charge in [0.25, 0.3) is 0 Å². The molecule has 0 amide bonds. The number of alkyl halides is 1. The minimum atomic E-state index is -0.183. The molecule has 0 spiro atoms. The van der Waals surface area contributed by atoms with Gasteiger partial charge < -0.3 is 10.1 Å². The quantitative estimate of drug-likeness (QED) is 0.642. The van der Waals surface area contributed by atoms with Gasteiger partial charge in [-0.2, -0.15) is 0 Å². The molecule has 0 aromatic heterocycles. The standard InChI is InChI=1S/C12H16BrNO2/c1-16-12(15)11(7-13)9-14-8-10-5-3-2-4-6-10/h2-6,11,14H,7-9H2,1H3. The lowest BCUT2D eigenvalue weighted by atomic mass is 10.1. The Bertz CT molecular complexity index is 316. The van der Waals surface area contributed by atoms with Crippen molar-refractivity contribution in [3.63, 3.8) is 0 Å². The monoisotopic (exact) mass is 285 g/mol. The molecule has 1 N–H and O–H groups in total. The van der Waals surface area contributed by atoms with E-state index < -0.39 is 0 Å². The fraction of sp³-hybridized carbons (Fsp3) is 0.417. The van der Waals surface area contributed by atoms with Crippen molar-refractivity contribution in [1.29, 1.82) is 0 Å². The van der Waals surface area contributed by atoms with E-state index in [4.69, 9.17) is 4.74 Å². The average Bonchev–Trinajstić information content (AvgIpc) is 2.35. The van der Waals surface area contributed by atoms with Crippen LogP contribution in [-0.4, -0.2) is 25.0 Å². The normalized spacial score (nSPS) is 12.1. The number of methoxy groups -OCH3 is 1. The molecule has 1 rings (SSSR count). The molecule has 0 aliphatic heterocycles. The van der Waals surface area contributed by atoms with Crippen molar-refractivity contribution in [3.8, 4) is 0 Å². The Balaban J connectivity index is 2.31. The van der Waals surface area contributed by atoms with Gasteiger partial charge in [-0.1, -0.05) is 46.3 Å². The van der Waals surface area contributed by atoms with Crippen LogP contribution in [0.3, 0.4) is 0 Å². The van der Waals surface area contributed by atoms with Crippen LogP contribution in [0.1, 0.15) is 5.56 Å². The summed E-state index contributed by atoms with van der Waals surface area (Å²) in [6, 6.07) is 10.1. The Morgan fingerprint density at radius 3 is 2.69 bits per heavy atom. The highest BCUT2D eigenvalue weighted by Crippen LogP contribution is 2.03. The molecule has 0 aliphatic rings. The smallest absolute Gasteiger partial charge is 0.310 e. The second-order valence-electron chi connectivity index (χ2n) is 3.49. The van der Waals surface area contributed by atoms with E-state index in [2.05, 4.69) is 21.2 Å². The maximum atomic E-state index is 11.3. The Kier molecular flexibility index (Phi) is 6.11. The van der Waals surface area contributed by atoms with Crippen molar-refractivity contribution in [3.05, 3.63) is 35.9 Å². The Morgan fingerprint density at radius 2 is 2.12 bits per heavy atom.